The molecule has 0 saturated carbocycles. The Kier molecular flexibility index (Phi) is 3.96. The Labute approximate surface area is 85.5 Å². The van der Waals surface area contributed by atoms with Crippen molar-refractivity contribution in [3.05, 3.63) is 29.8 Å². The zero-order chi connectivity index (χ0) is 10.6. The molecular weight excluding hydrogens is 176 g/mol. The molecule has 2 unspecified atom stereocenters. The van der Waals surface area contributed by atoms with Crippen LogP contribution < -0.4 is 4.74 Å². The van der Waals surface area contributed by atoms with Crippen LogP contribution in [0.2, 0.25) is 0 Å². The van der Waals surface area contributed by atoms with E-state index in [2.05, 4.69) is 6.92 Å². The summed E-state index contributed by atoms with van der Waals surface area (Å²) in [5.41, 5.74) is 0.929. The first kappa shape index (κ1) is 11.1. The van der Waals surface area contributed by atoms with Crippen molar-refractivity contribution in [2.24, 2.45) is 5.92 Å². The van der Waals surface area contributed by atoms with Gasteiger partial charge in [-0.2, -0.15) is 0 Å². The summed E-state index contributed by atoms with van der Waals surface area (Å²) in [6, 6.07) is 7.60. The number of rotatable bonds is 4. The minimum absolute atomic E-state index is 0.280. The summed E-state index contributed by atoms with van der Waals surface area (Å²) in [7, 11) is 1.63. The third-order valence-electron chi connectivity index (χ3n) is 2.62. The zero-order valence-electron chi connectivity index (χ0n) is 9.03. The monoisotopic (exact) mass is 194 g/mol. The van der Waals surface area contributed by atoms with Crippen molar-refractivity contribution in [3.8, 4) is 5.75 Å². The quantitative estimate of drug-likeness (QED) is 0.798. The summed E-state index contributed by atoms with van der Waals surface area (Å²) in [6.07, 6.45) is 0.577. The van der Waals surface area contributed by atoms with Crippen molar-refractivity contribution < 1.29 is 9.84 Å². The second-order valence-corrected chi connectivity index (χ2v) is 3.61. The van der Waals surface area contributed by atoms with Crippen LogP contribution >= 0.6 is 0 Å². The fourth-order valence-corrected chi connectivity index (χ4v) is 1.38. The first-order chi connectivity index (χ1) is 6.69. The van der Waals surface area contributed by atoms with Crippen molar-refractivity contribution in [2.45, 2.75) is 26.4 Å². The maximum Gasteiger partial charge on any atom is 0.119 e. The number of aliphatic hydroxyl groups is 1. The fourth-order valence-electron chi connectivity index (χ4n) is 1.38. The second-order valence-electron chi connectivity index (χ2n) is 3.61. The van der Waals surface area contributed by atoms with Crippen molar-refractivity contribution in [2.75, 3.05) is 7.11 Å². The molecule has 0 saturated heterocycles. The molecule has 0 amide bonds. The van der Waals surface area contributed by atoms with Crippen LogP contribution in [0.3, 0.4) is 0 Å². The van der Waals surface area contributed by atoms with Crippen molar-refractivity contribution in [1.29, 1.82) is 0 Å². The SMILES string of the molecule is CCC(C)C(O)c1cccc(OC)c1. The first-order valence-electron chi connectivity index (χ1n) is 5.01. The Morgan fingerprint density at radius 2 is 2.14 bits per heavy atom. The van der Waals surface area contributed by atoms with Crippen LogP contribution in [-0.2, 0) is 0 Å². The van der Waals surface area contributed by atoms with Crippen molar-refractivity contribution in [1.82, 2.24) is 0 Å². The molecule has 2 atom stereocenters. The first-order valence-corrected chi connectivity index (χ1v) is 5.01. The number of hydrogen-bond acceptors (Lipinski definition) is 2. The third kappa shape index (κ3) is 2.48. The molecule has 0 bridgehead atoms. The van der Waals surface area contributed by atoms with Crippen LogP contribution in [0.5, 0.6) is 5.75 Å². The van der Waals surface area contributed by atoms with Gasteiger partial charge in [-0.25, -0.2) is 0 Å². The van der Waals surface area contributed by atoms with Crippen LogP contribution in [0.25, 0.3) is 0 Å². The van der Waals surface area contributed by atoms with Crippen LogP contribution in [0.4, 0.5) is 0 Å². The summed E-state index contributed by atoms with van der Waals surface area (Å²) < 4.78 is 5.11. The van der Waals surface area contributed by atoms with E-state index < -0.39 is 6.10 Å². The minimum atomic E-state index is -0.393. The largest absolute Gasteiger partial charge is 0.497 e. The Morgan fingerprint density at radius 3 is 2.71 bits per heavy atom. The molecule has 2 nitrogen and oxygen atoms in total. The fraction of sp³-hybridized carbons (Fsp3) is 0.500. The molecule has 0 aliphatic heterocycles. The Morgan fingerprint density at radius 1 is 1.43 bits per heavy atom. The highest BCUT2D eigenvalue weighted by atomic mass is 16.5. The Balaban J connectivity index is 2.83. The summed E-state index contributed by atoms with van der Waals surface area (Å²) in [5.74, 6) is 1.08. The Hall–Kier alpha value is -1.02. The van der Waals surface area contributed by atoms with Gasteiger partial charge in [-0.1, -0.05) is 32.4 Å². The number of methoxy groups -OCH3 is 1. The van der Waals surface area contributed by atoms with E-state index in [1.165, 1.54) is 0 Å². The number of benzene rings is 1. The normalized spacial score (nSPS) is 14.9. The molecule has 78 valence electrons. The predicted molar refractivity (Wildman–Crippen MR) is 57.4 cm³/mol. The lowest BCUT2D eigenvalue weighted by Gasteiger charge is -2.17. The van der Waals surface area contributed by atoms with E-state index in [1.807, 2.05) is 31.2 Å². The van der Waals surface area contributed by atoms with E-state index in [0.29, 0.717) is 0 Å². The molecule has 1 rings (SSSR count). The van der Waals surface area contributed by atoms with E-state index in [1.54, 1.807) is 7.11 Å². The van der Waals surface area contributed by atoms with Gasteiger partial charge in [0, 0.05) is 0 Å². The van der Waals surface area contributed by atoms with Crippen LogP contribution in [0.1, 0.15) is 31.9 Å². The number of aliphatic hydroxyl groups excluding tert-OH is 1. The van der Waals surface area contributed by atoms with Crippen LogP contribution in [0.15, 0.2) is 24.3 Å². The van der Waals surface area contributed by atoms with E-state index in [4.69, 9.17) is 4.74 Å². The molecule has 2 heteroatoms. The van der Waals surface area contributed by atoms with Gasteiger partial charge in [0.1, 0.15) is 5.75 Å². The van der Waals surface area contributed by atoms with E-state index in [9.17, 15) is 5.11 Å². The zero-order valence-corrected chi connectivity index (χ0v) is 9.03. The van der Waals surface area contributed by atoms with Gasteiger partial charge in [0.25, 0.3) is 0 Å². The minimum Gasteiger partial charge on any atom is -0.497 e. The Bertz CT molecular complexity index is 283. The second kappa shape index (κ2) is 5.01. The smallest absolute Gasteiger partial charge is 0.119 e. The average Bonchev–Trinajstić information content (AvgIpc) is 2.27. The van der Waals surface area contributed by atoms with Gasteiger partial charge in [0.15, 0.2) is 0 Å². The van der Waals surface area contributed by atoms with Gasteiger partial charge in [-0.15, -0.1) is 0 Å². The maximum absolute atomic E-state index is 9.95. The van der Waals surface area contributed by atoms with E-state index in [0.717, 1.165) is 17.7 Å². The topological polar surface area (TPSA) is 29.5 Å². The summed E-state index contributed by atoms with van der Waals surface area (Å²) >= 11 is 0. The van der Waals surface area contributed by atoms with Gasteiger partial charge >= 0.3 is 0 Å². The molecule has 0 radical (unpaired) electrons. The predicted octanol–water partition coefficient (Wildman–Crippen LogP) is 2.77. The summed E-state index contributed by atoms with van der Waals surface area (Å²) in [6.45, 7) is 4.12. The number of hydrogen-bond donors (Lipinski definition) is 1. The van der Waals surface area contributed by atoms with Gasteiger partial charge in [-0.05, 0) is 23.6 Å². The molecular formula is C12H18O2. The lowest BCUT2D eigenvalue weighted by Crippen LogP contribution is -2.07. The molecule has 0 heterocycles. The molecule has 0 aromatic heterocycles. The summed E-state index contributed by atoms with van der Waals surface area (Å²) in [4.78, 5) is 0. The molecule has 1 aromatic carbocycles. The van der Waals surface area contributed by atoms with Crippen LogP contribution in [0, 0.1) is 5.92 Å². The highest BCUT2D eigenvalue weighted by molar-refractivity contribution is 5.29. The standard InChI is InChI=1S/C12H18O2/c1-4-9(2)12(13)10-6-5-7-11(8-10)14-3/h5-9,12-13H,4H2,1-3H3. The molecule has 0 aliphatic carbocycles. The lowest BCUT2D eigenvalue weighted by molar-refractivity contribution is 0.115. The molecule has 1 N–H and O–H groups in total. The maximum atomic E-state index is 9.95. The molecule has 14 heavy (non-hydrogen) atoms. The van der Waals surface area contributed by atoms with Gasteiger partial charge in [0.05, 0.1) is 13.2 Å². The highest BCUT2D eigenvalue weighted by Crippen LogP contribution is 2.26. The van der Waals surface area contributed by atoms with Crippen molar-refractivity contribution in [3.63, 3.8) is 0 Å². The molecule has 0 aliphatic rings. The van der Waals surface area contributed by atoms with Crippen molar-refractivity contribution >= 4 is 0 Å². The molecule has 0 spiro atoms. The highest BCUT2D eigenvalue weighted by Gasteiger charge is 2.14. The molecule has 1 aromatic rings. The third-order valence-corrected chi connectivity index (χ3v) is 2.62. The van der Waals surface area contributed by atoms with Gasteiger partial charge < -0.3 is 9.84 Å². The van der Waals surface area contributed by atoms with E-state index >= 15 is 0 Å². The molecule has 0 fully saturated rings. The van der Waals surface area contributed by atoms with Gasteiger partial charge in [0.2, 0.25) is 0 Å². The average molecular weight is 194 g/mol. The lowest BCUT2D eigenvalue weighted by atomic mass is 9.95. The van der Waals surface area contributed by atoms with Gasteiger partial charge in [-0.3, -0.25) is 0 Å². The van der Waals surface area contributed by atoms with E-state index in [-0.39, 0.29) is 5.92 Å². The number of ether oxygens (including phenoxy) is 1. The summed E-state index contributed by atoms with van der Waals surface area (Å²) in [5, 5.41) is 9.95. The van der Waals surface area contributed by atoms with Crippen LogP contribution in [-0.4, -0.2) is 12.2 Å².